The minimum absolute atomic E-state index is 0.376. The van der Waals surface area contributed by atoms with Crippen LogP contribution in [0.3, 0.4) is 0 Å². The lowest BCUT2D eigenvalue weighted by Crippen LogP contribution is -2.03. The Bertz CT molecular complexity index is 397. The van der Waals surface area contributed by atoms with Gasteiger partial charge in [0.05, 0.1) is 7.05 Å². The first-order valence-corrected chi connectivity index (χ1v) is 5.08. The predicted molar refractivity (Wildman–Crippen MR) is 51.8 cm³/mol. The second kappa shape index (κ2) is 3.85. The molecule has 2 rings (SSSR count). The molecule has 2 heterocycles. The van der Waals surface area contributed by atoms with E-state index in [1.54, 1.807) is 18.4 Å². The summed E-state index contributed by atoms with van der Waals surface area (Å²) in [4.78, 5) is 2.46. The standard InChI is InChI=1S/C8H10N4OS/c1-12-10-8(9-11-12)7(13)5-6-3-2-4-14-6/h2-4,7,13H,5H2,1H3. The van der Waals surface area contributed by atoms with Crippen LogP contribution in [0.2, 0.25) is 0 Å². The summed E-state index contributed by atoms with van der Waals surface area (Å²) in [6.07, 6.45) is -0.119. The molecule has 2 aromatic rings. The zero-order valence-electron chi connectivity index (χ0n) is 7.66. The summed E-state index contributed by atoms with van der Waals surface area (Å²) in [6.45, 7) is 0. The normalized spacial score (nSPS) is 13.0. The molecule has 0 bridgehead atoms. The Morgan fingerprint density at radius 1 is 1.64 bits per heavy atom. The highest BCUT2D eigenvalue weighted by Gasteiger charge is 2.14. The minimum atomic E-state index is -0.664. The quantitative estimate of drug-likeness (QED) is 0.803. The Balaban J connectivity index is 2.06. The van der Waals surface area contributed by atoms with Crippen molar-refractivity contribution < 1.29 is 5.11 Å². The third kappa shape index (κ3) is 1.97. The van der Waals surface area contributed by atoms with E-state index >= 15 is 0 Å². The lowest BCUT2D eigenvalue weighted by molar-refractivity contribution is 0.169. The smallest absolute Gasteiger partial charge is 0.203 e. The maximum absolute atomic E-state index is 9.73. The van der Waals surface area contributed by atoms with E-state index in [4.69, 9.17) is 0 Å². The summed E-state index contributed by atoms with van der Waals surface area (Å²) >= 11 is 1.61. The van der Waals surface area contributed by atoms with Gasteiger partial charge >= 0.3 is 0 Å². The van der Waals surface area contributed by atoms with Gasteiger partial charge in [0.1, 0.15) is 6.10 Å². The number of aromatic nitrogens is 4. The average Bonchev–Trinajstić information content (AvgIpc) is 2.75. The molecule has 0 amide bonds. The monoisotopic (exact) mass is 210 g/mol. The first kappa shape index (κ1) is 9.29. The van der Waals surface area contributed by atoms with E-state index in [1.165, 1.54) is 4.80 Å². The fourth-order valence-electron chi connectivity index (χ4n) is 1.14. The first-order chi connectivity index (χ1) is 6.75. The van der Waals surface area contributed by atoms with Gasteiger partial charge in [0, 0.05) is 11.3 Å². The number of tetrazole rings is 1. The van der Waals surface area contributed by atoms with E-state index in [2.05, 4.69) is 15.4 Å². The fourth-order valence-corrected chi connectivity index (χ4v) is 1.89. The average molecular weight is 210 g/mol. The summed E-state index contributed by atoms with van der Waals surface area (Å²) < 4.78 is 0. The van der Waals surface area contributed by atoms with Crippen molar-refractivity contribution in [2.75, 3.05) is 0 Å². The van der Waals surface area contributed by atoms with Gasteiger partial charge in [-0.3, -0.25) is 0 Å². The van der Waals surface area contributed by atoms with Crippen LogP contribution in [0.4, 0.5) is 0 Å². The molecule has 2 aromatic heterocycles. The van der Waals surface area contributed by atoms with E-state index in [9.17, 15) is 5.11 Å². The SMILES string of the molecule is Cn1nnc(C(O)Cc2cccs2)n1. The summed E-state index contributed by atoms with van der Waals surface area (Å²) in [7, 11) is 1.67. The Kier molecular flexibility index (Phi) is 2.55. The molecule has 0 spiro atoms. The number of rotatable bonds is 3. The first-order valence-electron chi connectivity index (χ1n) is 4.20. The molecule has 1 atom stereocenters. The van der Waals surface area contributed by atoms with Gasteiger partial charge in [0.2, 0.25) is 5.82 Å². The number of nitrogens with zero attached hydrogens (tertiary/aromatic N) is 4. The lowest BCUT2D eigenvalue weighted by atomic mass is 10.2. The molecule has 1 N–H and O–H groups in total. The van der Waals surface area contributed by atoms with E-state index in [1.807, 2.05) is 17.5 Å². The van der Waals surface area contributed by atoms with Gasteiger partial charge in [-0.05, 0) is 16.7 Å². The van der Waals surface area contributed by atoms with Crippen molar-refractivity contribution in [3.63, 3.8) is 0 Å². The maximum Gasteiger partial charge on any atom is 0.203 e. The summed E-state index contributed by atoms with van der Waals surface area (Å²) in [6, 6.07) is 3.93. The van der Waals surface area contributed by atoms with Gasteiger partial charge in [0.25, 0.3) is 0 Å². The molecule has 0 aromatic carbocycles. The predicted octanol–water partition coefficient (Wildman–Crippen LogP) is 0.548. The van der Waals surface area contributed by atoms with E-state index in [-0.39, 0.29) is 0 Å². The fraction of sp³-hybridized carbons (Fsp3) is 0.375. The van der Waals surface area contributed by atoms with Crippen molar-refractivity contribution in [1.82, 2.24) is 20.2 Å². The molecule has 0 saturated carbocycles. The van der Waals surface area contributed by atoms with Crippen LogP contribution in [-0.2, 0) is 13.5 Å². The van der Waals surface area contributed by atoms with Gasteiger partial charge < -0.3 is 5.11 Å². The largest absolute Gasteiger partial charge is 0.385 e. The van der Waals surface area contributed by atoms with Crippen molar-refractivity contribution in [3.8, 4) is 0 Å². The molecule has 0 fully saturated rings. The molecule has 74 valence electrons. The second-order valence-corrected chi connectivity index (χ2v) is 3.97. The van der Waals surface area contributed by atoms with Gasteiger partial charge in [-0.15, -0.1) is 21.5 Å². The summed E-state index contributed by atoms with van der Waals surface area (Å²) in [5.41, 5.74) is 0. The number of hydrogen-bond donors (Lipinski definition) is 1. The van der Waals surface area contributed by atoms with Crippen LogP contribution in [0.5, 0.6) is 0 Å². The molecule has 14 heavy (non-hydrogen) atoms. The van der Waals surface area contributed by atoms with Gasteiger partial charge in [0.15, 0.2) is 0 Å². The Hall–Kier alpha value is -1.27. The highest BCUT2D eigenvalue weighted by molar-refractivity contribution is 7.09. The van der Waals surface area contributed by atoms with Crippen LogP contribution in [-0.4, -0.2) is 25.3 Å². The van der Waals surface area contributed by atoms with Crippen LogP contribution in [0.15, 0.2) is 17.5 Å². The lowest BCUT2D eigenvalue weighted by Gasteiger charge is -2.02. The molecule has 5 nitrogen and oxygen atoms in total. The summed E-state index contributed by atoms with van der Waals surface area (Å²) in [5.74, 6) is 0.376. The molecule has 0 saturated heterocycles. The number of aryl methyl sites for hydroxylation is 1. The molecular formula is C8H10N4OS. The molecule has 0 aliphatic heterocycles. The zero-order chi connectivity index (χ0) is 9.97. The van der Waals surface area contributed by atoms with Crippen molar-refractivity contribution in [1.29, 1.82) is 0 Å². The molecular weight excluding hydrogens is 200 g/mol. The topological polar surface area (TPSA) is 63.8 Å². The molecule has 6 heteroatoms. The summed E-state index contributed by atoms with van der Waals surface area (Å²) in [5, 5.41) is 23.1. The number of aliphatic hydroxyl groups excluding tert-OH is 1. The number of thiophene rings is 1. The number of aliphatic hydroxyl groups is 1. The zero-order valence-corrected chi connectivity index (χ0v) is 8.48. The third-order valence-corrected chi connectivity index (χ3v) is 2.70. The van der Waals surface area contributed by atoms with Crippen molar-refractivity contribution in [3.05, 3.63) is 28.2 Å². The Labute approximate surface area is 85.0 Å². The highest BCUT2D eigenvalue weighted by atomic mass is 32.1. The maximum atomic E-state index is 9.73. The van der Waals surface area contributed by atoms with Crippen LogP contribution in [0.1, 0.15) is 16.8 Å². The van der Waals surface area contributed by atoms with Crippen LogP contribution in [0.25, 0.3) is 0 Å². The van der Waals surface area contributed by atoms with E-state index in [0.29, 0.717) is 12.2 Å². The van der Waals surface area contributed by atoms with Crippen LogP contribution >= 0.6 is 11.3 Å². The Morgan fingerprint density at radius 3 is 3.07 bits per heavy atom. The molecule has 0 aliphatic carbocycles. The van der Waals surface area contributed by atoms with Crippen LogP contribution in [0, 0.1) is 0 Å². The minimum Gasteiger partial charge on any atom is -0.385 e. The second-order valence-electron chi connectivity index (χ2n) is 2.94. The third-order valence-electron chi connectivity index (χ3n) is 1.80. The van der Waals surface area contributed by atoms with Gasteiger partial charge in [-0.25, -0.2) is 0 Å². The number of hydrogen-bond acceptors (Lipinski definition) is 5. The van der Waals surface area contributed by atoms with E-state index in [0.717, 1.165) is 4.88 Å². The Morgan fingerprint density at radius 2 is 2.50 bits per heavy atom. The van der Waals surface area contributed by atoms with Gasteiger partial charge in [-0.2, -0.15) is 4.80 Å². The van der Waals surface area contributed by atoms with Crippen molar-refractivity contribution in [2.24, 2.45) is 7.05 Å². The molecule has 1 unspecified atom stereocenters. The van der Waals surface area contributed by atoms with Crippen LogP contribution < -0.4 is 0 Å². The van der Waals surface area contributed by atoms with Crippen molar-refractivity contribution >= 4 is 11.3 Å². The van der Waals surface area contributed by atoms with E-state index < -0.39 is 6.10 Å². The van der Waals surface area contributed by atoms with Gasteiger partial charge in [-0.1, -0.05) is 6.07 Å². The molecule has 0 aliphatic rings. The molecule has 0 radical (unpaired) electrons. The highest BCUT2D eigenvalue weighted by Crippen LogP contribution is 2.17. The van der Waals surface area contributed by atoms with Crippen molar-refractivity contribution in [2.45, 2.75) is 12.5 Å².